The molecular weight excluding hydrogens is 302 g/mol. The van der Waals surface area contributed by atoms with E-state index in [1.165, 1.54) is 18.4 Å². The summed E-state index contributed by atoms with van der Waals surface area (Å²) in [5.74, 6) is 0.664. The van der Waals surface area contributed by atoms with E-state index in [1.54, 1.807) is 4.90 Å². The van der Waals surface area contributed by atoms with E-state index < -0.39 is 5.60 Å². The molecule has 1 N–H and O–H groups in total. The lowest BCUT2D eigenvalue weighted by atomic mass is 9.99. The molecule has 0 radical (unpaired) electrons. The van der Waals surface area contributed by atoms with Crippen LogP contribution in [-0.4, -0.2) is 29.8 Å². The predicted molar refractivity (Wildman–Crippen MR) is 97.3 cm³/mol. The van der Waals surface area contributed by atoms with E-state index in [9.17, 15) is 4.79 Å². The van der Waals surface area contributed by atoms with E-state index in [-0.39, 0.29) is 6.09 Å². The molecule has 1 atom stereocenters. The Morgan fingerprint density at radius 3 is 2.71 bits per heavy atom. The summed E-state index contributed by atoms with van der Waals surface area (Å²) in [5.41, 5.74) is 0.686. The maximum absolute atomic E-state index is 12.5. The third kappa shape index (κ3) is 5.48. The number of hydrogen-bond donors (Lipinski definition) is 1. The average molecular weight is 333 g/mol. The summed E-state index contributed by atoms with van der Waals surface area (Å²) in [6.45, 7) is 9.45. The van der Waals surface area contributed by atoms with Crippen LogP contribution in [0.1, 0.15) is 71.4 Å². The highest BCUT2D eigenvalue weighted by Gasteiger charge is 2.24. The number of carbonyl (C=O) groups is 1. The van der Waals surface area contributed by atoms with Gasteiger partial charge < -0.3 is 10.1 Å². The van der Waals surface area contributed by atoms with Crippen molar-refractivity contribution in [1.29, 1.82) is 0 Å². The van der Waals surface area contributed by atoms with Gasteiger partial charge in [0.05, 0.1) is 0 Å². The smallest absolute Gasteiger partial charge is 0.416 e. The quantitative estimate of drug-likeness (QED) is 0.865. The molecule has 1 aliphatic rings. The summed E-state index contributed by atoms with van der Waals surface area (Å²) in [7, 11) is 0. The van der Waals surface area contributed by atoms with Crippen molar-refractivity contribution in [3.05, 3.63) is 23.9 Å². The van der Waals surface area contributed by atoms with Crippen LogP contribution in [0, 0.1) is 0 Å². The topological polar surface area (TPSA) is 54.5 Å². The Bertz CT molecular complexity index is 516. The Labute approximate surface area is 145 Å². The van der Waals surface area contributed by atoms with E-state index in [2.05, 4.69) is 23.3 Å². The highest BCUT2D eigenvalue weighted by molar-refractivity contribution is 5.86. The first-order valence-corrected chi connectivity index (χ1v) is 9.10. The molecule has 0 saturated carbocycles. The number of piperidine rings is 1. The van der Waals surface area contributed by atoms with Crippen molar-refractivity contribution in [2.75, 3.05) is 18.0 Å². The van der Waals surface area contributed by atoms with Gasteiger partial charge in [-0.15, -0.1) is 0 Å². The molecule has 0 spiro atoms. The fourth-order valence-electron chi connectivity index (χ4n) is 2.83. The van der Waals surface area contributed by atoms with Crippen molar-refractivity contribution in [1.82, 2.24) is 10.3 Å². The maximum atomic E-state index is 12.5. The minimum absolute atomic E-state index is 0.327. The van der Waals surface area contributed by atoms with Gasteiger partial charge in [-0.3, -0.25) is 4.90 Å². The van der Waals surface area contributed by atoms with Gasteiger partial charge in [-0.25, -0.2) is 9.78 Å². The van der Waals surface area contributed by atoms with Gasteiger partial charge in [-0.1, -0.05) is 25.8 Å². The van der Waals surface area contributed by atoms with Crippen LogP contribution in [0.2, 0.25) is 0 Å². The van der Waals surface area contributed by atoms with Crippen LogP contribution in [0.15, 0.2) is 18.3 Å². The third-order valence-corrected chi connectivity index (χ3v) is 4.11. The van der Waals surface area contributed by atoms with Crippen LogP contribution in [0.5, 0.6) is 0 Å². The molecule has 2 heterocycles. The number of ether oxygens (including phenoxy) is 1. The fraction of sp³-hybridized carbons (Fsp3) is 0.684. The largest absolute Gasteiger partial charge is 0.443 e. The van der Waals surface area contributed by atoms with Crippen LogP contribution >= 0.6 is 0 Å². The van der Waals surface area contributed by atoms with Crippen LogP contribution in [0.4, 0.5) is 10.6 Å². The lowest BCUT2D eigenvalue weighted by molar-refractivity contribution is 0.0578. The second-order valence-corrected chi connectivity index (χ2v) is 7.44. The van der Waals surface area contributed by atoms with Crippen molar-refractivity contribution in [3.63, 3.8) is 0 Å². The van der Waals surface area contributed by atoms with Gasteiger partial charge in [0.15, 0.2) is 0 Å². The third-order valence-electron chi connectivity index (χ3n) is 4.11. The molecule has 1 unspecified atom stereocenters. The standard InChI is InChI=1S/C19H31N3O2/c1-5-6-13-22(18(23)24-19(2,3)4)17-11-10-15(14-21-17)16-9-7-8-12-20-16/h10-11,14,16,20H,5-9,12-13H2,1-4H3. The number of pyridine rings is 1. The number of carbonyl (C=O) groups excluding carboxylic acids is 1. The average Bonchev–Trinajstić information content (AvgIpc) is 2.55. The van der Waals surface area contributed by atoms with Gasteiger partial charge in [0.2, 0.25) is 0 Å². The maximum Gasteiger partial charge on any atom is 0.416 e. The van der Waals surface area contributed by atoms with Gasteiger partial charge >= 0.3 is 6.09 Å². The van der Waals surface area contributed by atoms with Crippen LogP contribution in [0.3, 0.4) is 0 Å². The molecule has 1 aliphatic heterocycles. The molecule has 5 heteroatoms. The van der Waals surface area contributed by atoms with Crippen molar-refractivity contribution >= 4 is 11.9 Å². The van der Waals surface area contributed by atoms with E-state index in [4.69, 9.17) is 4.74 Å². The molecule has 0 aliphatic carbocycles. The Balaban J connectivity index is 2.11. The monoisotopic (exact) mass is 333 g/mol. The molecule has 0 bridgehead atoms. The van der Waals surface area contributed by atoms with E-state index in [0.29, 0.717) is 18.4 Å². The SMILES string of the molecule is CCCCN(C(=O)OC(C)(C)C)c1ccc(C2CCCCN2)cn1. The summed E-state index contributed by atoms with van der Waals surface area (Å²) < 4.78 is 5.53. The summed E-state index contributed by atoms with van der Waals surface area (Å²) in [6, 6.07) is 4.39. The summed E-state index contributed by atoms with van der Waals surface area (Å²) in [5, 5.41) is 3.53. The Hall–Kier alpha value is -1.62. The number of nitrogens with one attached hydrogen (secondary N) is 1. The Kier molecular flexibility index (Phi) is 6.60. The molecule has 1 aromatic rings. The van der Waals surface area contributed by atoms with Crippen LogP contribution < -0.4 is 10.2 Å². The number of rotatable bonds is 5. The summed E-state index contributed by atoms with van der Waals surface area (Å²) in [6.07, 6.45) is 7.14. The van der Waals surface area contributed by atoms with Crippen molar-refractivity contribution in [2.24, 2.45) is 0 Å². The lowest BCUT2D eigenvalue weighted by Crippen LogP contribution is -2.38. The second kappa shape index (κ2) is 8.47. The minimum Gasteiger partial charge on any atom is -0.443 e. The Morgan fingerprint density at radius 1 is 1.38 bits per heavy atom. The van der Waals surface area contributed by atoms with Gasteiger partial charge in [0.25, 0.3) is 0 Å². The zero-order valence-electron chi connectivity index (χ0n) is 15.5. The highest BCUT2D eigenvalue weighted by Crippen LogP contribution is 2.24. The van der Waals surface area contributed by atoms with E-state index >= 15 is 0 Å². The zero-order valence-corrected chi connectivity index (χ0v) is 15.5. The van der Waals surface area contributed by atoms with Crippen LogP contribution in [0.25, 0.3) is 0 Å². The normalized spacial score (nSPS) is 18.2. The first kappa shape index (κ1) is 18.7. The fourth-order valence-corrected chi connectivity index (χ4v) is 2.83. The molecule has 1 amide bonds. The number of unbranched alkanes of at least 4 members (excludes halogenated alkanes) is 1. The summed E-state index contributed by atoms with van der Waals surface area (Å²) >= 11 is 0. The number of anilines is 1. The zero-order chi connectivity index (χ0) is 17.6. The number of aromatic nitrogens is 1. The van der Waals surface area contributed by atoms with Gasteiger partial charge in [-0.2, -0.15) is 0 Å². The van der Waals surface area contributed by atoms with Crippen molar-refractivity contribution in [3.8, 4) is 0 Å². The number of nitrogens with zero attached hydrogens (tertiary/aromatic N) is 2. The molecular formula is C19H31N3O2. The van der Waals surface area contributed by atoms with E-state index in [1.807, 2.05) is 33.0 Å². The molecule has 5 nitrogen and oxygen atoms in total. The van der Waals surface area contributed by atoms with Crippen molar-refractivity contribution in [2.45, 2.75) is 71.4 Å². The van der Waals surface area contributed by atoms with Crippen molar-refractivity contribution < 1.29 is 9.53 Å². The molecule has 2 rings (SSSR count). The van der Waals surface area contributed by atoms with Gasteiger partial charge in [0.1, 0.15) is 11.4 Å². The molecule has 1 saturated heterocycles. The number of hydrogen-bond acceptors (Lipinski definition) is 4. The molecule has 1 fully saturated rings. The molecule has 1 aromatic heterocycles. The lowest BCUT2D eigenvalue weighted by Gasteiger charge is -2.27. The molecule has 134 valence electrons. The first-order valence-electron chi connectivity index (χ1n) is 9.10. The van der Waals surface area contributed by atoms with Gasteiger partial charge in [-0.05, 0) is 58.2 Å². The summed E-state index contributed by atoms with van der Waals surface area (Å²) in [4.78, 5) is 18.7. The highest BCUT2D eigenvalue weighted by atomic mass is 16.6. The first-order chi connectivity index (χ1) is 11.4. The molecule has 24 heavy (non-hydrogen) atoms. The van der Waals surface area contributed by atoms with E-state index in [0.717, 1.165) is 25.8 Å². The molecule has 0 aromatic carbocycles. The Morgan fingerprint density at radius 2 is 2.17 bits per heavy atom. The predicted octanol–water partition coefficient (Wildman–Crippen LogP) is 4.44. The van der Waals surface area contributed by atoms with Gasteiger partial charge in [0, 0.05) is 18.8 Å². The minimum atomic E-state index is -0.506. The number of amides is 1. The van der Waals surface area contributed by atoms with Crippen LogP contribution in [-0.2, 0) is 4.74 Å². The second-order valence-electron chi connectivity index (χ2n) is 7.44.